The van der Waals surface area contributed by atoms with Crippen LogP contribution in [-0.4, -0.2) is 32.1 Å². The van der Waals surface area contributed by atoms with Gasteiger partial charge in [0.1, 0.15) is 6.61 Å². The standard InChI is InChI=1S/C11H16O4/c1-4-7-13-10(12)11(14-8-5-2)15-9-6-3/h4-6,11H,1-3,7-9H2. The quantitative estimate of drug-likeness (QED) is 0.329. The largest absolute Gasteiger partial charge is 0.458 e. The van der Waals surface area contributed by atoms with Crippen LogP contribution in [0.25, 0.3) is 0 Å². The van der Waals surface area contributed by atoms with Crippen molar-refractivity contribution in [3.63, 3.8) is 0 Å². The predicted octanol–water partition coefficient (Wildman–Crippen LogP) is 1.45. The molecule has 0 atom stereocenters. The van der Waals surface area contributed by atoms with Crippen molar-refractivity contribution in [1.29, 1.82) is 0 Å². The minimum Gasteiger partial charge on any atom is -0.458 e. The van der Waals surface area contributed by atoms with Crippen LogP contribution in [0.1, 0.15) is 0 Å². The van der Waals surface area contributed by atoms with E-state index in [1.807, 2.05) is 0 Å². The van der Waals surface area contributed by atoms with Crippen LogP contribution in [0, 0.1) is 0 Å². The summed E-state index contributed by atoms with van der Waals surface area (Å²) in [6.07, 6.45) is 3.47. The van der Waals surface area contributed by atoms with Crippen LogP contribution in [0.2, 0.25) is 0 Å². The summed E-state index contributed by atoms with van der Waals surface area (Å²) >= 11 is 0. The van der Waals surface area contributed by atoms with Gasteiger partial charge in [-0.1, -0.05) is 24.8 Å². The second kappa shape index (κ2) is 9.18. The maximum absolute atomic E-state index is 11.3. The molecule has 0 saturated carbocycles. The Bertz CT molecular complexity index is 211. The van der Waals surface area contributed by atoms with Gasteiger partial charge in [-0.25, -0.2) is 4.79 Å². The van der Waals surface area contributed by atoms with Crippen molar-refractivity contribution in [3.05, 3.63) is 38.0 Å². The van der Waals surface area contributed by atoms with Gasteiger partial charge in [0, 0.05) is 0 Å². The zero-order chi connectivity index (χ0) is 11.5. The molecule has 0 radical (unpaired) electrons. The monoisotopic (exact) mass is 212 g/mol. The van der Waals surface area contributed by atoms with Gasteiger partial charge in [0.05, 0.1) is 13.2 Å². The molecular formula is C11H16O4. The Kier molecular flexibility index (Phi) is 8.33. The lowest BCUT2D eigenvalue weighted by atomic mass is 10.6. The number of rotatable bonds is 9. The first-order valence-electron chi connectivity index (χ1n) is 4.48. The third kappa shape index (κ3) is 6.65. The summed E-state index contributed by atoms with van der Waals surface area (Å²) in [5.41, 5.74) is 0. The highest BCUT2D eigenvalue weighted by Gasteiger charge is 2.20. The molecular weight excluding hydrogens is 196 g/mol. The molecule has 15 heavy (non-hydrogen) atoms. The summed E-state index contributed by atoms with van der Waals surface area (Å²) in [5.74, 6) is -0.585. The van der Waals surface area contributed by atoms with Crippen molar-refractivity contribution in [3.8, 4) is 0 Å². The van der Waals surface area contributed by atoms with E-state index in [0.29, 0.717) is 0 Å². The van der Waals surface area contributed by atoms with Crippen LogP contribution in [0.15, 0.2) is 38.0 Å². The van der Waals surface area contributed by atoms with Crippen LogP contribution in [-0.2, 0) is 19.0 Å². The van der Waals surface area contributed by atoms with Gasteiger partial charge in [-0.15, -0.1) is 13.2 Å². The molecule has 0 N–H and O–H groups in total. The Morgan fingerprint density at radius 3 is 1.87 bits per heavy atom. The smallest absolute Gasteiger partial charge is 0.363 e. The second-order valence-electron chi connectivity index (χ2n) is 2.49. The van der Waals surface area contributed by atoms with Gasteiger partial charge in [-0.3, -0.25) is 0 Å². The summed E-state index contributed by atoms with van der Waals surface area (Å²) in [5, 5.41) is 0. The van der Waals surface area contributed by atoms with Gasteiger partial charge in [0.15, 0.2) is 0 Å². The summed E-state index contributed by atoms with van der Waals surface area (Å²) in [4.78, 5) is 11.3. The Morgan fingerprint density at radius 1 is 1.00 bits per heavy atom. The molecule has 0 aromatic heterocycles. The second-order valence-corrected chi connectivity index (χ2v) is 2.49. The first-order chi connectivity index (χ1) is 7.26. The molecule has 0 aliphatic heterocycles. The lowest BCUT2D eigenvalue weighted by Crippen LogP contribution is -2.29. The average Bonchev–Trinajstić information content (AvgIpc) is 2.26. The van der Waals surface area contributed by atoms with Crippen LogP contribution >= 0.6 is 0 Å². The molecule has 4 heteroatoms. The van der Waals surface area contributed by atoms with E-state index in [1.54, 1.807) is 0 Å². The molecule has 0 fully saturated rings. The number of carbonyl (C=O) groups excluding carboxylic acids is 1. The van der Waals surface area contributed by atoms with E-state index in [1.165, 1.54) is 18.2 Å². The fraction of sp³-hybridized carbons (Fsp3) is 0.364. The molecule has 4 nitrogen and oxygen atoms in total. The first kappa shape index (κ1) is 13.6. The van der Waals surface area contributed by atoms with E-state index < -0.39 is 12.3 Å². The molecule has 84 valence electrons. The van der Waals surface area contributed by atoms with Crippen molar-refractivity contribution in [2.24, 2.45) is 0 Å². The zero-order valence-corrected chi connectivity index (χ0v) is 8.69. The Hall–Kier alpha value is -1.39. The van der Waals surface area contributed by atoms with Gasteiger partial charge in [-0.05, 0) is 0 Å². The predicted molar refractivity (Wildman–Crippen MR) is 57.2 cm³/mol. The van der Waals surface area contributed by atoms with E-state index in [2.05, 4.69) is 19.7 Å². The minimum atomic E-state index is -1.04. The highest BCUT2D eigenvalue weighted by molar-refractivity contribution is 5.73. The highest BCUT2D eigenvalue weighted by Crippen LogP contribution is 1.99. The van der Waals surface area contributed by atoms with Gasteiger partial charge in [-0.2, -0.15) is 0 Å². The normalized spacial score (nSPS) is 9.67. The van der Waals surface area contributed by atoms with Gasteiger partial charge in [0.25, 0.3) is 6.29 Å². The fourth-order valence-electron chi connectivity index (χ4n) is 0.704. The van der Waals surface area contributed by atoms with Crippen molar-refractivity contribution < 1.29 is 19.0 Å². The number of ether oxygens (including phenoxy) is 3. The molecule has 0 aromatic carbocycles. The summed E-state index contributed by atoms with van der Waals surface area (Å²) in [6, 6.07) is 0. The third-order valence-corrected chi connectivity index (χ3v) is 1.27. The molecule has 0 spiro atoms. The molecule has 0 amide bonds. The Balaban J connectivity index is 4.05. The van der Waals surface area contributed by atoms with Crippen LogP contribution in [0.4, 0.5) is 0 Å². The lowest BCUT2D eigenvalue weighted by molar-refractivity contribution is -0.189. The van der Waals surface area contributed by atoms with E-state index in [0.717, 1.165) is 0 Å². The van der Waals surface area contributed by atoms with Crippen LogP contribution in [0.3, 0.4) is 0 Å². The number of hydrogen-bond donors (Lipinski definition) is 0. The van der Waals surface area contributed by atoms with E-state index >= 15 is 0 Å². The summed E-state index contributed by atoms with van der Waals surface area (Å²) in [7, 11) is 0. The first-order valence-corrected chi connectivity index (χ1v) is 4.48. The molecule has 0 aliphatic carbocycles. The minimum absolute atomic E-state index is 0.129. The molecule has 0 aromatic rings. The van der Waals surface area contributed by atoms with Crippen molar-refractivity contribution in [2.45, 2.75) is 6.29 Å². The van der Waals surface area contributed by atoms with Crippen molar-refractivity contribution in [2.75, 3.05) is 19.8 Å². The SMILES string of the molecule is C=CCOC(=O)C(OCC=C)OCC=C. The fourth-order valence-corrected chi connectivity index (χ4v) is 0.704. The van der Waals surface area contributed by atoms with Gasteiger partial charge < -0.3 is 14.2 Å². The molecule has 0 aliphatic rings. The Labute approximate surface area is 89.8 Å². The third-order valence-electron chi connectivity index (χ3n) is 1.27. The van der Waals surface area contributed by atoms with Crippen LogP contribution in [0.5, 0.6) is 0 Å². The average molecular weight is 212 g/mol. The Morgan fingerprint density at radius 2 is 1.47 bits per heavy atom. The summed E-state index contributed by atoms with van der Waals surface area (Å²) in [6.45, 7) is 10.9. The number of hydrogen-bond acceptors (Lipinski definition) is 4. The van der Waals surface area contributed by atoms with Crippen LogP contribution < -0.4 is 0 Å². The molecule has 0 saturated heterocycles. The number of esters is 1. The maximum Gasteiger partial charge on any atom is 0.363 e. The lowest BCUT2D eigenvalue weighted by Gasteiger charge is -2.14. The summed E-state index contributed by atoms with van der Waals surface area (Å²) < 4.78 is 14.9. The van der Waals surface area contributed by atoms with Crippen molar-refractivity contribution in [1.82, 2.24) is 0 Å². The van der Waals surface area contributed by atoms with Crippen molar-refractivity contribution >= 4 is 5.97 Å². The molecule has 0 heterocycles. The van der Waals surface area contributed by atoms with E-state index in [9.17, 15) is 4.79 Å². The van der Waals surface area contributed by atoms with Gasteiger partial charge in [0.2, 0.25) is 0 Å². The number of carbonyl (C=O) groups is 1. The molecule has 0 bridgehead atoms. The van der Waals surface area contributed by atoms with E-state index in [4.69, 9.17) is 14.2 Å². The zero-order valence-electron chi connectivity index (χ0n) is 8.69. The highest BCUT2D eigenvalue weighted by atomic mass is 16.7. The molecule has 0 rings (SSSR count). The molecule has 0 unspecified atom stereocenters. The topological polar surface area (TPSA) is 44.8 Å². The van der Waals surface area contributed by atoms with Gasteiger partial charge >= 0.3 is 5.97 Å². The maximum atomic E-state index is 11.3. The van der Waals surface area contributed by atoms with E-state index in [-0.39, 0.29) is 19.8 Å².